The van der Waals surface area contributed by atoms with E-state index in [9.17, 15) is 17.6 Å². The first-order valence-electron chi connectivity index (χ1n) is 9.85. The predicted molar refractivity (Wildman–Crippen MR) is 121 cm³/mol. The molecule has 10 heteroatoms. The monoisotopic (exact) mass is 474 g/mol. The highest BCUT2D eigenvalue weighted by atomic mass is 32.2. The van der Waals surface area contributed by atoms with Gasteiger partial charge in [-0.2, -0.15) is 0 Å². The van der Waals surface area contributed by atoms with Gasteiger partial charge in [0.05, 0.1) is 36.9 Å². The second-order valence-electron chi connectivity index (χ2n) is 6.71. The van der Waals surface area contributed by atoms with Crippen molar-refractivity contribution >= 4 is 21.6 Å². The van der Waals surface area contributed by atoms with Crippen molar-refractivity contribution in [2.45, 2.75) is 4.90 Å². The van der Waals surface area contributed by atoms with Gasteiger partial charge in [0.25, 0.3) is 15.9 Å². The first-order valence-corrected chi connectivity index (χ1v) is 11.3. The van der Waals surface area contributed by atoms with Crippen LogP contribution < -0.4 is 24.2 Å². The zero-order valence-electron chi connectivity index (χ0n) is 18.0. The minimum atomic E-state index is -4.24. The van der Waals surface area contributed by atoms with Crippen molar-refractivity contribution in [1.82, 2.24) is 5.32 Å². The number of benzene rings is 3. The average molecular weight is 475 g/mol. The Morgan fingerprint density at radius 3 is 2.33 bits per heavy atom. The van der Waals surface area contributed by atoms with Gasteiger partial charge in [0.2, 0.25) is 0 Å². The molecule has 8 nitrogen and oxygen atoms in total. The summed E-state index contributed by atoms with van der Waals surface area (Å²) in [6.07, 6.45) is 0. The van der Waals surface area contributed by atoms with E-state index in [2.05, 4.69) is 10.0 Å². The van der Waals surface area contributed by atoms with Crippen LogP contribution in [0.25, 0.3) is 0 Å². The third kappa shape index (κ3) is 5.92. The van der Waals surface area contributed by atoms with E-state index in [1.807, 2.05) is 18.2 Å². The largest absolute Gasteiger partial charge is 0.493 e. The lowest BCUT2D eigenvalue weighted by molar-refractivity contribution is 0.0943. The van der Waals surface area contributed by atoms with E-state index in [1.165, 1.54) is 38.5 Å². The third-order valence-corrected chi connectivity index (χ3v) is 5.87. The van der Waals surface area contributed by atoms with Crippen LogP contribution in [0, 0.1) is 5.82 Å². The Balaban J connectivity index is 1.82. The molecule has 2 N–H and O–H groups in total. The van der Waals surface area contributed by atoms with Crippen LogP contribution in [0.1, 0.15) is 10.4 Å². The summed E-state index contributed by atoms with van der Waals surface area (Å²) in [5.74, 6) is -0.593. The summed E-state index contributed by atoms with van der Waals surface area (Å²) in [5, 5.41) is 2.66. The Morgan fingerprint density at radius 2 is 1.67 bits per heavy atom. The molecule has 0 aliphatic heterocycles. The maximum Gasteiger partial charge on any atom is 0.262 e. The molecule has 0 heterocycles. The molecule has 0 fully saturated rings. The van der Waals surface area contributed by atoms with Crippen LogP contribution in [0.3, 0.4) is 0 Å². The minimum Gasteiger partial charge on any atom is -0.493 e. The molecule has 3 aromatic carbocycles. The molecule has 0 bridgehead atoms. The van der Waals surface area contributed by atoms with Gasteiger partial charge >= 0.3 is 0 Å². The molecule has 0 spiro atoms. The normalized spacial score (nSPS) is 10.9. The molecule has 0 aliphatic rings. The smallest absolute Gasteiger partial charge is 0.262 e. The Morgan fingerprint density at radius 1 is 0.970 bits per heavy atom. The molecule has 0 unspecified atom stereocenters. The first kappa shape index (κ1) is 23.9. The number of halogens is 1. The number of anilines is 1. The molecule has 3 rings (SSSR count). The Labute approximate surface area is 191 Å². The Bertz CT molecular complexity index is 1220. The second kappa shape index (κ2) is 10.7. The fourth-order valence-electron chi connectivity index (χ4n) is 2.96. The number of carbonyl (C=O) groups excluding carboxylic acids is 1. The van der Waals surface area contributed by atoms with Crippen molar-refractivity contribution in [2.24, 2.45) is 0 Å². The summed E-state index contributed by atoms with van der Waals surface area (Å²) in [6.45, 7) is 0.353. The van der Waals surface area contributed by atoms with E-state index < -0.39 is 21.7 Å². The van der Waals surface area contributed by atoms with Gasteiger partial charge in [0, 0.05) is 6.07 Å². The number of amides is 1. The highest BCUT2D eigenvalue weighted by Gasteiger charge is 2.24. The molecular formula is C23H23FN2O6S. The molecule has 0 saturated carbocycles. The van der Waals surface area contributed by atoms with Crippen molar-refractivity contribution < 1.29 is 31.8 Å². The topological polar surface area (TPSA) is 103 Å². The van der Waals surface area contributed by atoms with Crippen LogP contribution in [0.2, 0.25) is 0 Å². The molecule has 0 atom stereocenters. The van der Waals surface area contributed by atoms with Gasteiger partial charge in [-0.05, 0) is 30.3 Å². The van der Waals surface area contributed by atoms with E-state index in [0.717, 1.165) is 12.1 Å². The van der Waals surface area contributed by atoms with Gasteiger partial charge in [-0.15, -0.1) is 0 Å². The number of sulfonamides is 1. The molecule has 0 aromatic heterocycles. The number of para-hydroxylation sites is 2. The molecule has 1 amide bonds. The SMILES string of the molecule is COc1cc(S(=O)(=O)Nc2ccccc2F)cc(C(=O)NCCOc2ccccc2)c1OC. The summed E-state index contributed by atoms with van der Waals surface area (Å²) >= 11 is 0. The summed E-state index contributed by atoms with van der Waals surface area (Å²) in [6, 6.07) is 16.7. The summed E-state index contributed by atoms with van der Waals surface area (Å²) in [4.78, 5) is 12.5. The van der Waals surface area contributed by atoms with Crippen LogP contribution in [-0.4, -0.2) is 41.7 Å². The standard InChI is InChI=1S/C23H23FN2O6S/c1-30-21-15-17(33(28,29)26-20-11-7-6-10-19(20)24)14-18(22(21)31-2)23(27)25-12-13-32-16-8-4-3-5-9-16/h3-11,14-15,26H,12-13H2,1-2H3,(H,25,27). The van der Waals surface area contributed by atoms with Gasteiger partial charge in [0.1, 0.15) is 18.2 Å². The fraction of sp³-hybridized carbons (Fsp3) is 0.174. The van der Waals surface area contributed by atoms with Crippen LogP contribution in [0.5, 0.6) is 17.2 Å². The number of methoxy groups -OCH3 is 2. The van der Waals surface area contributed by atoms with E-state index in [-0.39, 0.29) is 40.8 Å². The van der Waals surface area contributed by atoms with Crippen molar-refractivity contribution in [3.8, 4) is 17.2 Å². The van der Waals surface area contributed by atoms with Crippen LogP contribution in [-0.2, 0) is 10.0 Å². The molecule has 0 aliphatic carbocycles. The summed E-state index contributed by atoms with van der Waals surface area (Å²) in [5.41, 5.74) is -0.290. The maximum atomic E-state index is 14.0. The van der Waals surface area contributed by atoms with E-state index >= 15 is 0 Å². The zero-order valence-corrected chi connectivity index (χ0v) is 18.8. The number of hydrogen-bond donors (Lipinski definition) is 2. The van der Waals surface area contributed by atoms with Gasteiger partial charge in [-0.1, -0.05) is 30.3 Å². The molecular weight excluding hydrogens is 451 g/mol. The maximum absolute atomic E-state index is 14.0. The van der Waals surface area contributed by atoms with Gasteiger partial charge in [-0.25, -0.2) is 12.8 Å². The van der Waals surface area contributed by atoms with Gasteiger partial charge < -0.3 is 19.5 Å². The number of hydrogen-bond acceptors (Lipinski definition) is 6. The van der Waals surface area contributed by atoms with Crippen molar-refractivity contribution in [1.29, 1.82) is 0 Å². The minimum absolute atomic E-state index is 0.0274. The molecule has 33 heavy (non-hydrogen) atoms. The number of carbonyl (C=O) groups is 1. The summed E-state index contributed by atoms with van der Waals surface area (Å²) < 4.78 is 57.9. The van der Waals surface area contributed by atoms with E-state index in [0.29, 0.717) is 5.75 Å². The van der Waals surface area contributed by atoms with E-state index in [4.69, 9.17) is 14.2 Å². The molecule has 0 radical (unpaired) electrons. The quantitative estimate of drug-likeness (QED) is 0.437. The van der Waals surface area contributed by atoms with Crippen LogP contribution in [0.4, 0.5) is 10.1 Å². The lowest BCUT2D eigenvalue weighted by Gasteiger charge is -2.16. The van der Waals surface area contributed by atoms with Crippen molar-refractivity contribution in [3.63, 3.8) is 0 Å². The lowest BCUT2D eigenvalue weighted by Crippen LogP contribution is -2.29. The van der Waals surface area contributed by atoms with Crippen molar-refractivity contribution in [2.75, 3.05) is 32.1 Å². The van der Waals surface area contributed by atoms with Crippen molar-refractivity contribution in [3.05, 3.63) is 78.1 Å². The molecule has 174 valence electrons. The average Bonchev–Trinajstić information content (AvgIpc) is 2.82. The Hall–Kier alpha value is -3.79. The first-order chi connectivity index (χ1) is 15.9. The second-order valence-corrected chi connectivity index (χ2v) is 8.39. The molecule has 0 saturated heterocycles. The number of ether oxygens (including phenoxy) is 3. The highest BCUT2D eigenvalue weighted by Crippen LogP contribution is 2.35. The Kier molecular flexibility index (Phi) is 7.73. The van der Waals surface area contributed by atoms with Gasteiger partial charge in [0.15, 0.2) is 11.5 Å². The third-order valence-electron chi connectivity index (χ3n) is 4.53. The highest BCUT2D eigenvalue weighted by molar-refractivity contribution is 7.92. The summed E-state index contributed by atoms with van der Waals surface area (Å²) in [7, 11) is -1.60. The van der Waals surface area contributed by atoms with Crippen LogP contribution >= 0.6 is 0 Å². The zero-order chi connectivity index (χ0) is 23.8. The molecule has 3 aromatic rings. The van der Waals surface area contributed by atoms with E-state index in [1.54, 1.807) is 12.1 Å². The number of nitrogens with one attached hydrogen (secondary N) is 2. The predicted octanol–water partition coefficient (Wildman–Crippen LogP) is 3.45. The fourth-order valence-corrected chi connectivity index (χ4v) is 4.06. The van der Waals surface area contributed by atoms with Crippen LogP contribution in [0.15, 0.2) is 71.6 Å². The lowest BCUT2D eigenvalue weighted by atomic mass is 10.1. The number of rotatable bonds is 10. The van der Waals surface area contributed by atoms with Gasteiger partial charge in [-0.3, -0.25) is 9.52 Å².